The summed E-state index contributed by atoms with van der Waals surface area (Å²) < 4.78 is 5.30. The fourth-order valence-electron chi connectivity index (χ4n) is 2.21. The second kappa shape index (κ2) is 4.71. The van der Waals surface area contributed by atoms with Gasteiger partial charge in [0, 0.05) is 6.54 Å². The van der Waals surface area contributed by atoms with Crippen LogP contribution in [0.25, 0.3) is 0 Å². The first-order chi connectivity index (χ1) is 7.78. The zero-order valence-electron chi connectivity index (χ0n) is 9.75. The smallest absolute Gasteiger partial charge is 0.203 e. The summed E-state index contributed by atoms with van der Waals surface area (Å²) in [5.41, 5.74) is 0.569. The second-order valence-corrected chi connectivity index (χ2v) is 4.73. The maximum atomic E-state index is 8.62. The lowest BCUT2D eigenvalue weighted by molar-refractivity contribution is 0.400. The number of hydrogen-bond acceptors (Lipinski definition) is 3. The van der Waals surface area contributed by atoms with Gasteiger partial charge in [0.2, 0.25) is 5.76 Å². The molecule has 0 bridgehead atoms. The summed E-state index contributed by atoms with van der Waals surface area (Å²) in [6.07, 6.45) is 5.30. The van der Waals surface area contributed by atoms with Gasteiger partial charge in [0.15, 0.2) is 0 Å². The molecule has 3 heteroatoms. The monoisotopic (exact) mass is 218 g/mol. The lowest BCUT2D eigenvalue weighted by Crippen LogP contribution is -2.23. The van der Waals surface area contributed by atoms with Gasteiger partial charge in [-0.3, -0.25) is 0 Å². The van der Waals surface area contributed by atoms with Crippen molar-refractivity contribution in [3.63, 3.8) is 0 Å². The summed E-state index contributed by atoms with van der Waals surface area (Å²) in [4.78, 5) is 0. The first kappa shape index (κ1) is 11.2. The maximum absolute atomic E-state index is 8.62. The fourth-order valence-corrected chi connectivity index (χ4v) is 2.21. The van der Waals surface area contributed by atoms with Gasteiger partial charge in [0.25, 0.3) is 0 Å². The molecule has 0 aromatic carbocycles. The van der Waals surface area contributed by atoms with Gasteiger partial charge in [0.1, 0.15) is 11.8 Å². The first-order valence-corrected chi connectivity index (χ1v) is 5.97. The molecule has 0 amide bonds. The van der Waals surface area contributed by atoms with Crippen molar-refractivity contribution < 1.29 is 4.42 Å². The van der Waals surface area contributed by atoms with Crippen molar-refractivity contribution in [2.75, 3.05) is 6.54 Å². The minimum atomic E-state index is 0.395. The van der Waals surface area contributed by atoms with Crippen molar-refractivity contribution in [2.24, 2.45) is 5.41 Å². The Balaban J connectivity index is 1.74. The Morgan fingerprint density at radius 3 is 2.88 bits per heavy atom. The van der Waals surface area contributed by atoms with Gasteiger partial charge >= 0.3 is 0 Å². The number of rotatable bonds is 6. The van der Waals surface area contributed by atoms with Crippen molar-refractivity contribution in [3.8, 4) is 6.07 Å². The van der Waals surface area contributed by atoms with Crippen LogP contribution in [0.1, 0.15) is 44.1 Å². The zero-order valence-corrected chi connectivity index (χ0v) is 9.75. The first-order valence-electron chi connectivity index (χ1n) is 5.97. The Hall–Kier alpha value is -1.27. The van der Waals surface area contributed by atoms with Crippen LogP contribution in [0.5, 0.6) is 0 Å². The number of hydrogen-bond donors (Lipinski definition) is 1. The third-order valence-corrected chi connectivity index (χ3v) is 3.31. The van der Waals surface area contributed by atoms with E-state index < -0.39 is 0 Å². The summed E-state index contributed by atoms with van der Waals surface area (Å²) in [6.45, 7) is 4.04. The molecule has 1 heterocycles. The molecule has 86 valence electrons. The molecule has 0 unspecified atom stereocenters. The molecular weight excluding hydrogens is 200 g/mol. The van der Waals surface area contributed by atoms with Crippen LogP contribution in [-0.2, 0) is 6.54 Å². The van der Waals surface area contributed by atoms with Crippen LogP contribution in [0.3, 0.4) is 0 Å². The predicted octanol–water partition coefficient (Wildman–Crippen LogP) is 2.82. The molecule has 1 aliphatic carbocycles. The van der Waals surface area contributed by atoms with Gasteiger partial charge in [-0.25, -0.2) is 0 Å². The van der Waals surface area contributed by atoms with Gasteiger partial charge < -0.3 is 9.73 Å². The second-order valence-electron chi connectivity index (χ2n) is 4.73. The highest BCUT2D eigenvalue weighted by Gasteiger charge is 2.40. The Morgan fingerprint density at radius 2 is 2.31 bits per heavy atom. The summed E-state index contributed by atoms with van der Waals surface area (Å²) in [5, 5.41) is 12.0. The Morgan fingerprint density at radius 1 is 1.50 bits per heavy atom. The number of furan rings is 1. The quantitative estimate of drug-likeness (QED) is 0.798. The summed E-state index contributed by atoms with van der Waals surface area (Å²) >= 11 is 0. The van der Waals surface area contributed by atoms with Crippen LogP contribution >= 0.6 is 0 Å². The number of nitriles is 1. The zero-order chi connectivity index (χ0) is 11.4. The lowest BCUT2D eigenvalue weighted by Gasteiger charge is -2.13. The molecule has 1 aliphatic rings. The van der Waals surface area contributed by atoms with E-state index >= 15 is 0 Å². The predicted molar refractivity (Wildman–Crippen MR) is 61.7 cm³/mol. The molecule has 0 radical (unpaired) electrons. The van der Waals surface area contributed by atoms with Gasteiger partial charge in [-0.1, -0.05) is 13.3 Å². The Bertz CT molecular complexity index is 385. The minimum Gasteiger partial charge on any atom is -0.449 e. The van der Waals surface area contributed by atoms with E-state index in [1.54, 1.807) is 6.07 Å². The van der Waals surface area contributed by atoms with Gasteiger partial charge in [-0.15, -0.1) is 0 Å². The molecule has 1 fully saturated rings. The summed E-state index contributed by atoms with van der Waals surface area (Å²) in [5.74, 6) is 1.25. The average molecular weight is 218 g/mol. The van der Waals surface area contributed by atoms with E-state index in [0.29, 0.717) is 11.2 Å². The topological polar surface area (TPSA) is 49.0 Å². The third kappa shape index (κ3) is 2.65. The van der Waals surface area contributed by atoms with Crippen molar-refractivity contribution in [1.82, 2.24) is 5.32 Å². The molecule has 1 aromatic heterocycles. The van der Waals surface area contributed by atoms with Crippen LogP contribution in [0, 0.1) is 16.7 Å². The lowest BCUT2D eigenvalue weighted by atomic mass is 10.0. The van der Waals surface area contributed by atoms with Crippen LogP contribution in [0.2, 0.25) is 0 Å². The highest BCUT2D eigenvalue weighted by Crippen LogP contribution is 2.48. The van der Waals surface area contributed by atoms with Crippen molar-refractivity contribution in [2.45, 2.75) is 39.2 Å². The van der Waals surface area contributed by atoms with E-state index in [0.717, 1.165) is 18.8 Å². The highest BCUT2D eigenvalue weighted by atomic mass is 16.3. The third-order valence-electron chi connectivity index (χ3n) is 3.31. The molecule has 16 heavy (non-hydrogen) atoms. The molecule has 0 saturated heterocycles. The fraction of sp³-hybridized carbons (Fsp3) is 0.615. The molecule has 0 aliphatic heterocycles. The number of nitrogens with zero attached hydrogens (tertiary/aromatic N) is 1. The molecule has 3 nitrogen and oxygen atoms in total. The van der Waals surface area contributed by atoms with Gasteiger partial charge in [-0.05, 0) is 36.8 Å². The van der Waals surface area contributed by atoms with E-state index in [1.807, 2.05) is 12.1 Å². The maximum Gasteiger partial charge on any atom is 0.203 e. The van der Waals surface area contributed by atoms with Crippen LogP contribution in [0.4, 0.5) is 0 Å². The Kier molecular flexibility index (Phi) is 3.31. The Labute approximate surface area is 96.4 Å². The van der Waals surface area contributed by atoms with Gasteiger partial charge in [-0.2, -0.15) is 5.26 Å². The largest absolute Gasteiger partial charge is 0.449 e. The minimum absolute atomic E-state index is 0.395. The highest BCUT2D eigenvalue weighted by molar-refractivity contribution is 5.18. The van der Waals surface area contributed by atoms with E-state index in [-0.39, 0.29) is 0 Å². The van der Waals surface area contributed by atoms with Crippen LogP contribution < -0.4 is 5.32 Å². The van der Waals surface area contributed by atoms with E-state index in [4.69, 9.17) is 9.68 Å². The molecule has 2 rings (SSSR count). The normalized spacial score (nSPS) is 17.0. The molecule has 1 aromatic rings. The average Bonchev–Trinajstić information content (AvgIpc) is 2.89. The molecule has 0 atom stereocenters. The van der Waals surface area contributed by atoms with Gasteiger partial charge in [0.05, 0.1) is 6.54 Å². The molecular formula is C13H18N2O. The van der Waals surface area contributed by atoms with E-state index in [2.05, 4.69) is 12.2 Å². The van der Waals surface area contributed by atoms with E-state index in [1.165, 1.54) is 25.7 Å². The standard InChI is InChI=1S/C13H18N2O/c1-2-5-13(6-7-13)10-15-9-12-4-3-11(8-14)16-12/h3-4,15H,2,5-7,9-10H2,1H3. The summed E-state index contributed by atoms with van der Waals surface area (Å²) in [6, 6.07) is 5.58. The van der Waals surface area contributed by atoms with Crippen LogP contribution in [-0.4, -0.2) is 6.54 Å². The molecule has 1 saturated carbocycles. The van der Waals surface area contributed by atoms with Crippen molar-refractivity contribution in [3.05, 3.63) is 23.7 Å². The van der Waals surface area contributed by atoms with Crippen molar-refractivity contribution in [1.29, 1.82) is 5.26 Å². The molecule has 1 N–H and O–H groups in total. The van der Waals surface area contributed by atoms with Crippen molar-refractivity contribution >= 4 is 0 Å². The SMILES string of the molecule is CCCC1(CNCc2ccc(C#N)o2)CC1. The van der Waals surface area contributed by atoms with E-state index in [9.17, 15) is 0 Å². The number of nitrogens with one attached hydrogen (secondary N) is 1. The van der Waals surface area contributed by atoms with Crippen LogP contribution in [0.15, 0.2) is 16.5 Å². The molecule has 0 spiro atoms. The summed E-state index contributed by atoms with van der Waals surface area (Å²) in [7, 11) is 0.